The van der Waals surface area contributed by atoms with E-state index in [1.165, 1.54) is 16.3 Å². The second-order valence-corrected chi connectivity index (χ2v) is 5.88. The lowest BCUT2D eigenvalue weighted by Crippen LogP contribution is -2.23. The number of nitrogens with zero attached hydrogens (tertiary/aromatic N) is 1. The van der Waals surface area contributed by atoms with Crippen LogP contribution in [0.3, 0.4) is 0 Å². The first-order valence-electron chi connectivity index (χ1n) is 7.12. The molecule has 0 saturated heterocycles. The molecule has 2 nitrogen and oxygen atoms in total. The summed E-state index contributed by atoms with van der Waals surface area (Å²) < 4.78 is 0.999. The van der Waals surface area contributed by atoms with E-state index in [1.54, 1.807) is 0 Å². The molecule has 0 radical (unpaired) electrons. The lowest BCUT2D eigenvalue weighted by molar-refractivity contribution is 0.619. The van der Waals surface area contributed by atoms with E-state index in [1.807, 2.05) is 12.3 Å². The first-order chi connectivity index (χ1) is 10.3. The number of hydrogen-bond donors (Lipinski definition) is 1. The lowest BCUT2D eigenvalue weighted by Gasteiger charge is -2.20. The van der Waals surface area contributed by atoms with Gasteiger partial charge in [-0.3, -0.25) is 4.98 Å². The number of aromatic nitrogens is 1. The molecule has 3 aromatic rings. The Morgan fingerprint density at radius 2 is 1.86 bits per heavy atom. The van der Waals surface area contributed by atoms with Crippen molar-refractivity contribution >= 4 is 26.7 Å². The monoisotopic (exact) mass is 340 g/mol. The third-order valence-corrected chi connectivity index (χ3v) is 4.06. The molecule has 1 N–H and O–H groups in total. The Labute approximate surface area is 133 Å². The maximum absolute atomic E-state index is 4.57. The highest BCUT2D eigenvalue weighted by Crippen LogP contribution is 2.28. The third-order valence-electron chi connectivity index (χ3n) is 3.59. The van der Waals surface area contributed by atoms with E-state index in [4.69, 9.17) is 0 Å². The van der Waals surface area contributed by atoms with Gasteiger partial charge < -0.3 is 5.32 Å². The molecule has 106 valence electrons. The van der Waals surface area contributed by atoms with Crippen molar-refractivity contribution in [1.29, 1.82) is 0 Å². The molecule has 0 aliphatic heterocycles. The zero-order valence-electron chi connectivity index (χ0n) is 11.9. The van der Waals surface area contributed by atoms with E-state index >= 15 is 0 Å². The summed E-state index contributed by atoms with van der Waals surface area (Å²) in [7, 11) is 0. The number of fused-ring (bicyclic) bond motifs is 1. The molecule has 0 spiro atoms. The average Bonchev–Trinajstić information content (AvgIpc) is 2.53. The van der Waals surface area contributed by atoms with Crippen LogP contribution in [0.15, 0.2) is 65.3 Å². The van der Waals surface area contributed by atoms with Gasteiger partial charge in [-0.2, -0.15) is 0 Å². The smallest absolute Gasteiger partial charge is 0.0757 e. The molecule has 21 heavy (non-hydrogen) atoms. The second kappa shape index (κ2) is 6.37. The summed E-state index contributed by atoms with van der Waals surface area (Å²) in [6, 6.07) is 19.1. The minimum absolute atomic E-state index is 0.106. The van der Waals surface area contributed by atoms with Crippen molar-refractivity contribution in [2.75, 3.05) is 6.54 Å². The van der Waals surface area contributed by atoms with Gasteiger partial charge in [0, 0.05) is 10.7 Å². The molecule has 2 aromatic carbocycles. The highest BCUT2D eigenvalue weighted by Gasteiger charge is 2.16. The first kappa shape index (κ1) is 14.2. The molecule has 3 heteroatoms. The molecule has 1 unspecified atom stereocenters. The van der Waals surface area contributed by atoms with Crippen LogP contribution in [-0.4, -0.2) is 11.5 Å². The molecule has 0 amide bonds. The van der Waals surface area contributed by atoms with Gasteiger partial charge in [0.05, 0.1) is 11.7 Å². The SMILES string of the molecule is CCNC(c1ccc(Br)cn1)c1cccc2ccccc12. The summed E-state index contributed by atoms with van der Waals surface area (Å²) in [4.78, 5) is 4.57. The Morgan fingerprint density at radius 1 is 1.05 bits per heavy atom. The first-order valence-corrected chi connectivity index (χ1v) is 7.91. The number of rotatable bonds is 4. The standard InChI is InChI=1S/C18H17BrN2/c1-2-20-18(17-11-10-14(19)12-21-17)16-9-5-7-13-6-3-4-8-15(13)16/h3-12,18,20H,2H2,1H3. The third kappa shape index (κ3) is 2.99. The predicted octanol–water partition coefficient (Wildman–Crippen LogP) is 4.70. The lowest BCUT2D eigenvalue weighted by atomic mass is 9.96. The largest absolute Gasteiger partial charge is 0.305 e. The summed E-state index contributed by atoms with van der Waals surface area (Å²) in [5.74, 6) is 0. The van der Waals surface area contributed by atoms with Crippen LogP contribution < -0.4 is 5.32 Å². The predicted molar refractivity (Wildman–Crippen MR) is 91.4 cm³/mol. The van der Waals surface area contributed by atoms with Crippen LogP contribution >= 0.6 is 15.9 Å². The molecular weight excluding hydrogens is 324 g/mol. The van der Waals surface area contributed by atoms with Crippen LogP contribution in [0.2, 0.25) is 0 Å². The number of hydrogen-bond acceptors (Lipinski definition) is 2. The number of nitrogens with one attached hydrogen (secondary N) is 1. The van der Waals surface area contributed by atoms with Gasteiger partial charge in [-0.1, -0.05) is 49.4 Å². The molecule has 0 fully saturated rings. The molecule has 3 rings (SSSR count). The topological polar surface area (TPSA) is 24.9 Å². The molecule has 0 aliphatic carbocycles. The van der Waals surface area contributed by atoms with Crippen LogP contribution in [0.25, 0.3) is 10.8 Å². The highest BCUT2D eigenvalue weighted by atomic mass is 79.9. The van der Waals surface area contributed by atoms with Crippen molar-refractivity contribution in [1.82, 2.24) is 10.3 Å². The fourth-order valence-electron chi connectivity index (χ4n) is 2.64. The van der Waals surface area contributed by atoms with E-state index in [0.717, 1.165) is 16.7 Å². The number of halogens is 1. The zero-order valence-corrected chi connectivity index (χ0v) is 13.5. The van der Waals surface area contributed by atoms with Gasteiger partial charge in [0.15, 0.2) is 0 Å². The number of benzene rings is 2. The minimum atomic E-state index is 0.106. The van der Waals surface area contributed by atoms with Gasteiger partial charge in [0.25, 0.3) is 0 Å². The van der Waals surface area contributed by atoms with E-state index in [9.17, 15) is 0 Å². The summed E-state index contributed by atoms with van der Waals surface area (Å²) in [5.41, 5.74) is 2.31. The van der Waals surface area contributed by atoms with Gasteiger partial charge in [0.1, 0.15) is 0 Å². The van der Waals surface area contributed by atoms with Gasteiger partial charge in [-0.05, 0) is 50.9 Å². The van der Waals surface area contributed by atoms with Gasteiger partial charge >= 0.3 is 0 Å². The normalized spacial score (nSPS) is 12.5. The van der Waals surface area contributed by atoms with Crippen LogP contribution in [0.4, 0.5) is 0 Å². The Bertz CT molecular complexity index is 732. The average molecular weight is 341 g/mol. The summed E-state index contributed by atoms with van der Waals surface area (Å²) in [5, 5.41) is 6.08. The maximum Gasteiger partial charge on any atom is 0.0757 e. The summed E-state index contributed by atoms with van der Waals surface area (Å²) in [6.45, 7) is 3.02. The maximum atomic E-state index is 4.57. The quantitative estimate of drug-likeness (QED) is 0.744. The van der Waals surface area contributed by atoms with E-state index in [2.05, 4.69) is 81.7 Å². The molecule has 1 atom stereocenters. The van der Waals surface area contributed by atoms with Crippen molar-refractivity contribution in [2.24, 2.45) is 0 Å². The van der Waals surface area contributed by atoms with Crippen molar-refractivity contribution in [3.8, 4) is 0 Å². The van der Waals surface area contributed by atoms with Crippen molar-refractivity contribution < 1.29 is 0 Å². The van der Waals surface area contributed by atoms with Gasteiger partial charge in [0.2, 0.25) is 0 Å². The molecule has 1 heterocycles. The zero-order chi connectivity index (χ0) is 14.7. The van der Waals surface area contributed by atoms with E-state index < -0.39 is 0 Å². The number of pyridine rings is 1. The van der Waals surface area contributed by atoms with Crippen LogP contribution in [0, 0.1) is 0 Å². The fourth-order valence-corrected chi connectivity index (χ4v) is 2.87. The second-order valence-electron chi connectivity index (χ2n) is 4.96. The van der Waals surface area contributed by atoms with Gasteiger partial charge in [-0.25, -0.2) is 0 Å². The van der Waals surface area contributed by atoms with Gasteiger partial charge in [-0.15, -0.1) is 0 Å². The molecular formula is C18H17BrN2. The van der Waals surface area contributed by atoms with Crippen LogP contribution in [0.5, 0.6) is 0 Å². The molecule has 0 saturated carbocycles. The minimum Gasteiger partial charge on any atom is -0.305 e. The Balaban J connectivity index is 2.13. The summed E-state index contributed by atoms with van der Waals surface area (Å²) in [6.07, 6.45) is 1.85. The van der Waals surface area contributed by atoms with Crippen LogP contribution in [0.1, 0.15) is 24.2 Å². The van der Waals surface area contributed by atoms with E-state index in [-0.39, 0.29) is 6.04 Å². The molecule has 1 aromatic heterocycles. The fraction of sp³-hybridized carbons (Fsp3) is 0.167. The Kier molecular flexibility index (Phi) is 4.32. The van der Waals surface area contributed by atoms with E-state index in [0.29, 0.717) is 0 Å². The highest BCUT2D eigenvalue weighted by molar-refractivity contribution is 9.10. The van der Waals surface area contributed by atoms with Crippen molar-refractivity contribution in [3.63, 3.8) is 0 Å². The molecule has 0 bridgehead atoms. The van der Waals surface area contributed by atoms with Crippen molar-refractivity contribution in [2.45, 2.75) is 13.0 Å². The summed E-state index contributed by atoms with van der Waals surface area (Å²) >= 11 is 3.45. The van der Waals surface area contributed by atoms with Crippen molar-refractivity contribution in [3.05, 3.63) is 76.5 Å². The Hall–Kier alpha value is -1.71. The van der Waals surface area contributed by atoms with Crippen LogP contribution in [-0.2, 0) is 0 Å². The molecule has 0 aliphatic rings. The Morgan fingerprint density at radius 3 is 2.62 bits per heavy atom.